The van der Waals surface area contributed by atoms with Gasteiger partial charge in [0.1, 0.15) is 5.83 Å². The van der Waals surface area contributed by atoms with Gasteiger partial charge in [0.15, 0.2) is 0 Å². The lowest BCUT2D eigenvalue weighted by atomic mass is 10.1. The smallest absolute Gasteiger partial charge is 0.103 e. The van der Waals surface area contributed by atoms with Crippen LogP contribution in [0.25, 0.3) is 0 Å². The van der Waals surface area contributed by atoms with Gasteiger partial charge in [-0.05, 0) is 50.4 Å². The Bertz CT molecular complexity index is 275. The van der Waals surface area contributed by atoms with Gasteiger partial charge < -0.3 is 0 Å². The highest BCUT2D eigenvalue weighted by Crippen LogP contribution is 2.24. The zero-order valence-electron chi connectivity index (χ0n) is 11.5. The van der Waals surface area contributed by atoms with E-state index in [2.05, 4.69) is 11.0 Å². The Balaban J connectivity index is 0.000000686. The van der Waals surface area contributed by atoms with E-state index >= 15 is 0 Å². The van der Waals surface area contributed by atoms with Crippen molar-refractivity contribution in [1.82, 2.24) is 4.90 Å². The fourth-order valence-corrected chi connectivity index (χ4v) is 2.34. The number of hydrogen-bond acceptors (Lipinski definition) is 1. The van der Waals surface area contributed by atoms with E-state index in [-0.39, 0.29) is 11.7 Å². The molecule has 0 saturated carbocycles. The second kappa shape index (κ2) is 7.65. The van der Waals surface area contributed by atoms with Gasteiger partial charge in [-0.3, -0.25) is 4.90 Å². The third-order valence-electron chi connectivity index (χ3n) is 3.41. The Morgan fingerprint density at radius 2 is 1.94 bits per heavy atom. The summed E-state index contributed by atoms with van der Waals surface area (Å²) in [4.78, 5) is 2.42. The molecule has 1 atom stereocenters. The van der Waals surface area contributed by atoms with Gasteiger partial charge in [-0.1, -0.05) is 26.8 Å². The highest BCUT2D eigenvalue weighted by atomic mass is 19.1. The van der Waals surface area contributed by atoms with Crippen molar-refractivity contribution in [2.75, 3.05) is 19.6 Å². The Labute approximate surface area is 105 Å². The molecular weight excluding hydrogens is 213 g/mol. The van der Waals surface area contributed by atoms with Crippen molar-refractivity contribution in [1.29, 1.82) is 0 Å². The first-order valence-corrected chi connectivity index (χ1v) is 7.04. The van der Waals surface area contributed by atoms with Crippen LogP contribution in [0.1, 0.15) is 46.5 Å². The molecule has 0 amide bonds. The van der Waals surface area contributed by atoms with E-state index in [1.165, 1.54) is 31.5 Å². The maximum absolute atomic E-state index is 13.6. The van der Waals surface area contributed by atoms with Gasteiger partial charge in [0, 0.05) is 12.5 Å². The predicted molar refractivity (Wildman–Crippen MR) is 72.7 cm³/mol. The number of rotatable bonds is 2. The fourth-order valence-electron chi connectivity index (χ4n) is 2.34. The fraction of sp³-hybridized carbons (Fsp3) is 0.733. The van der Waals surface area contributed by atoms with E-state index in [4.69, 9.17) is 0 Å². The van der Waals surface area contributed by atoms with Crippen molar-refractivity contribution in [3.05, 3.63) is 23.6 Å². The molecule has 1 aliphatic heterocycles. The largest absolute Gasteiger partial charge is 0.299 e. The van der Waals surface area contributed by atoms with Crippen molar-refractivity contribution in [3.63, 3.8) is 0 Å². The highest BCUT2D eigenvalue weighted by molar-refractivity contribution is 5.25. The minimum absolute atomic E-state index is 0.0675. The van der Waals surface area contributed by atoms with E-state index in [1.807, 2.05) is 20.8 Å². The van der Waals surface area contributed by atoms with Crippen LogP contribution in [0.5, 0.6) is 0 Å². The van der Waals surface area contributed by atoms with Crippen molar-refractivity contribution in [3.8, 4) is 0 Å². The number of allylic oxidation sites excluding steroid dienone is 2. The molecule has 0 N–H and O–H groups in total. The third kappa shape index (κ3) is 4.63. The molecule has 2 heteroatoms. The van der Waals surface area contributed by atoms with Gasteiger partial charge >= 0.3 is 0 Å². The molecule has 2 rings (SSSR count). The van der Waals surface area contributed by atoms with E-state index in [1.54, 1.807) is 6.08 Å². The Morgan fingerprint density at radius 3 is 2.59 bits per heavy atom. The average Bonchev–Trinajstić information content (AvgIpc) is 2.78. The average molecular weight is 239 g/mol. The molecule has 0 bridgehead atoms. The van der Waals surface area contributed by atoms with Gasteiger partial charge in [-0.25, -0.2) is 4.39 Å². The lowest BCUT2D eigenvalue weighted by Gasteiger charge is -2.14. The molecule has 1 aliphatic carbocycles. The SMILES string of the molecule is CC.CC1CCC=C(CN2CCCC2)C=C1F. The van der Waals surface area contributed by atoms with Crippen molar-refractivity contribution >= 4 is 0 Å². The summed E-state index contributed by atoms with van der Waals surface area (Å²) in [5.74, 6) is 0.176. The van der Waals surface area contributed by atoms with Crippen LogP contribution >= 0.6 is 0 Å². The number of hydrogen-bond donors (Lipinski definition) is 0. The molecule has 0 spiro atoms. The van der Waals surface area contributed by atoms with Crippen LogP contribution < -0.4 is 0 Å². The van der Waals surface area contributed by atoms with Crippen LogP contribution in [0.15, 0.2) is 23.6 Å². The van der Waals surface area contributed by atoms with Gasteiger partial charge in [0.05, 0.1) is 0 Å². The topological polar surface area (TPSA) is 3.24 Å². The summed E-state index contributed by atoms with van der Waals surface area (Å²) in [6, 6.07) is 0. The quantitative estimate of drug-likeness (QED) is 0.693. The first kappa shape index (κ1) is 14.4. The minimum atomic E-state index is 0.0675. The Morgan fingerprint density at radius 1 is 1.29 bits per heavy atom. The summed E-state index contributed by atoms with van der Waals surface area (Å²) in [6.45, 7) is 9.28. The number of nitrogens with zero attached hydrogens (tertiary/aromatic N) is 1. The first-order valence-electron chi connectivity index (χ1n) is 7.04. The summed E-state index contributed by atoms with van der Waals surface area (Å²) in [7, 11) is 0. The van der Waals surface area contributed by atoms with Crippen LogP contribution in [0.4, 0.5) is 4.39 Å². The molecule has 0 radical (unpaired) electrons. The molecule has 1 nitrogen and oxygen atoms in total. The van der Waals surface area contributed by atoms with Crippen LogP contribution in [-0.4, -0.2) is 24.5 Å². The number of likely N-dealkylation sites (tertiary alicyclic amines) is 1. The predicted octanol–water partition coefficient (Wildman–Crippen LogP) is 4.32. The Hall–Kier alpha value is -0.630. The summed E-state index contributed by atoms with van der Waals surface area (Å²) in [5, 5.41) is 0. The first-order chi connectivity index (χ1) is 8.25. The number of halogens is 1. The minimum Gasteiger partial charge on any atom is -0.299 e. The second-order valence-electron chi connectivity index (χ2n) is 4.77. The van der Waals surface area contributed by atoms with E-state index in [0.717, 1.165) is 19.4 Å². The van der Waals surface area contributed by atoms with Crippen molar-refractivity contribution in [2.45, 2.75) is 46.5 Å². The third-order valence-corrected chi connectivity index (χ3v) is 3.41. The molecule has 98 valence electrons. The summed E-state index contributed by atoms with van der Waals surface area (Å²) in [5.41, 5.74) is 1.18. The van der Waals surface area contributed by atoms with E-state index in [0.29, 0.717) is 0 Å². The zero-order valence-corrected chi connectivity index (χ0v) is 11.5. The van der Waals surface area contributed by atoms with Crippen LogP contribution in [0.2, 0.25) is 0 Å². The van der Waals surface area contributed by atoms with Crippen LogP contribution in [0, 0.1) is 5.92 Å². The summed E-state index contributed by atoms with van der Waals surface area (Å²) in [6.07, 6.45) is 8.54. The zero-order chi connectivity index (χ0) is 12.7. The summed E-state index contributed by atoms with van der Waals surface area (Å²) >= 11 is 0. The molecule has 0 aromatic heterocycles. The highest BCUT2D eigenvalue weighted by Gasteiger charge is 2.16. The monoisotopic (exact) mass is 239 g/mol. The molecule has 1 saturated heterocycles. The van der Waals surface area contributed by atoms with Crippen LogP contribution in [0.3, 0.4) is 0 Å². The van der Waals surface area contributed by atoms with Gasteiger partial charge in [0.25, 0.3) is 0 Å². The Kier molecular flexibility index (Phi) is 6.49. The van der Waals surface area contributed by atoms with Gasteiger partial charge in [-0.15, -0.1) is 0 Å². The molecule has 1 heterocycles. The molecular formula is C15H26FN. The molecule has 17 heavy (non-hydrogen) atoms. The van der Waals surface area contributed by atoms with Gasteiger partial charge in [-0.2, -0.15) is 0 Å². The standard InChI is InChI=1S/C13H20FN.C2H6/c1-11-5-4-6-12(9-13(11)14)10-15-7-2-3-8-15;1-2/h6,9,11H,2-5,7-8,10H2,1H3;1-2H3. The van der Waals surface area contributed by atoms with E-state index in [9.17, 15) is 4.39 Å². The lowest BCUT2D eigenvalue weighted by molar-refractivity contribution is 0.370. The molecule has 2 aliphatic rings. The molecule has 1 fully saturated rings. The maximum Gasteiger partial charge on any atom is 0.103 e. The van der Waals surface area contributed by atoms with Crippen molar-refractivity contribution < 1.29 is 4.39 Å². The molecule has 1 unspecified atom stereocenters. The van der Waals surface area contributed by atoms with E-state index < -0.39 is 0 Å². The molecule has 0 aromatic rings. The lowest BCUT2D eigenvalue weighted by Crippen LogP contribution is -2.21. The maximum atomic E-state index is 13.6. The molecule has 0 aromatic carbocycles. The normalized spacial score (nSPS) is 25.5. The van der Waals surface area contributed by atoms with Gasteiger partial charge in [0.2, 0.25) is 0 Å². The van der Waals surface area contributed by atoms with Crippen LogP contribution in [-0.2, 0) is 0 Å². The summed E-state index contributed by atoms with van der Waals surface area (Å²) < 4.78 is 13.6. The van der Waals surface area contributed by atoms with Crippen molar-refractivity contribution in [2.24, 2.45) is 5.92 Å². The second-order valence-corrected chi connectivity index (χ2v) is 4.77.